The number of hydrogen-bond donors (Lipinski definition) is 1. The van der Waals surface area contributed by atoms with Crippen LogP contribution in [0.5, 0.6) is 5.75 Å². The van der Waals surface area contributed by atoms with Crippen molar-refractivity contribution in [2.75, 3.05) is 13.2 Å². The van der Waals surface area contributed by atoms with E-state index in [9.17, 15) is 0 Å². The molecule has 0 aliphatic carbocycles. The summed E-state index contributed by atoms with van der Waals surface area (Å²) >= 11 is 6.16. The van der Waals surface area contributed by atoms with E-state index in [4.69, 9.17) is 16.3 Å². The minimum Gasteiger partial charge on any atom is -0.492 e. The third kappa shape index (κ3) is 5.38. The van der Waals surface area contributed by atoms with Gasteiger partial charge in [-0.05, 0) is 38.5 Å². The summed E-state index contributed by atoms with van der Waals surface area (Å²) in [5.74, 6) is 0.898. The Kier molecular flexibility index (Phi) is 5.64. The molecule has 0 saturated carbocycles. The van der Waals surface area contributed by atoms with Gasteiger partial charge in [0.15, 0.2) is 0 Å². The van der Waals surface area contributed by atoms with Gasteiger partial charge in [-0.15, -0.1) is 11.6 Å². The molecule has 0 aliphatic heterocycles. The zero-order chi connectivity index (χ0) is 12.0. The predicted molar refractivity (Wildman–Crippen MR) is 68.2 cm³/mol. The van der Waals surface area contributed by atoms with Gasteiger partial charge in [-0.1, -0.05) is 12.1 Å². The average Bonchev–Trinajstić information content (AvgIpc) is 2.23. The van der Waals surface area contributed by atoms with E-state index in [2.05, 4.69) is 32.2 Å². The van der Waals surface area contributed by atoms with Crippen LogP contribution in [0.3, 0.4) is 0 Å². The van der Waals surface area contributed by atoms with Crippen molar-refractivity contribution in [1.82, 2.24) is 0 Å². The minimum atomic E-state index is 0.0583. The molecule has 0 unspecified atom stereocenters. The molecule has 90 valence electrons. The lowest BCUT2D eigenvalue weighted by molar-refractivity contribution is -0.682. The van der Waals surface area contributed by atoms with Crippen molar-refractivity contribution in [2.24, 2.45) is 0 Å². The Bertz CT molecular complexity index is 315. The highest BCUT2D eigenvalue weighted by Crippen LogP contribution is 2.12. The molecule has 0 bridgehead atoms. The highest BCUT2D eigenvalue weighted by Gasteiger charge is 2.09. The molecule has 0 spiro atoms. The zero-order valence-electron chi connectivity index (χ0n) is 10.2. The molecular formula is C13H21ClNO+. The third-order valence-electron chi connectivity index (χ3n) is 2.28. The first-order valence-electron chi connectivity index (χ1n) is 5.75. The van der Waals surface area contributed by atoms with E-state index in [-0.39, 0.29) is 5.38 Å². The molecule has 0 saturated heterocycles. The Morgan fingerprint density at radius 1 is 1.38 bits per heavy atom. The fourth-order valence-corrected chi connectivity index (χ4v) is 1.55. The molecule has 2 N–H and O–H groups in total. The van der Waals surface area contributed by atoms with Crippen LogP contribution in [0.15, 0.2) is 24.3 Å². The van der Waals surface area contributed by atoms with E-state index in [0.29, 0.717) is 12.6 Å². The molecule has 1 aromatic carbocycles. The lowest BCUT2D eigenvalue weighted by Gasteiger charge is -2.12. The fourth-order valence-electron chi connectivity index (χ4n) is 1.38. The largest absolute Gasteiger partial charge is 0.492 e. The number of nitrogens with two attached hydrogens (primary N) is 1. The summed E-state index contributed by atoms with van der Waals surface area (Å²) in [5.41, 5.74) is 1.21. The topological polar surface area (TPSA) is 25.8 Å². The molecule has 0 aliphatic rings. The first kappa shape index (κ1) is 13.3. The maximum absolute atomic E-state index is 6.16. The Morgan fingerprint density at radius 2 is 2.12 bits per heavy atom. The quantitative estimate of drug-likeness (QED) is 0.759. The van der Waals surface area contributed by atoms with Gasteiger partial charge in [0.25, 0.3) is 0 Å². The standard InChI is InChI=1S/C13H20ClNO/c1-10(2)15-8-12(14)9-16-13-6-4-5-11(3)7-13/h4-7,10,12,15H,8-9H2,1-3H3/p+1/t12-/m1/s1. The van der Waals surface area contributed by atoms with Crippen LogP contribution in [0.25, 0.3) is 0 Å². The number of halogens is 1. The van der Waals surface area contributed by atoms with Crippen LogP contribution in [0.4, 0.5) is 0 Å². The van der Waals surface area contributed by atoms with Gasteiger partial charge in [-0.3, -0.25) is 0 Å². The number of aryl methyl sites for hydroxylation is 1. The predicted octanol–water partition coefficient (Wildman–Crippen LogP) is 1.95. The van der Waals surface area contributed by atoms with Gasteiger partial charge in [-0.25, -0.2) is 0 Å². The highest BCUT2D eigenvalue weighted by molar-refractivity contribution is 6.20. The molecule has 1 atom stereocenters. The molecule has 0 fully saturated rings. The van der Waals surface area contributed by atoms with Crippen molar-refractivity contribution < 1.29 is 10.1 Å². The van der Waals surface area contributed by atoms with Gasteiger partial charge in [0.05, 0.1) is 12.6 Å². The van der Waals surface area contributed by atoms with Gasteiger partial charge in [0.1, 0.15) is 17.7 Å². The lowest BCUT2D eigenvalue weighted by atomic mass is 10.2. The van der Waals surface area contributed by atoms with Crippen molar-refractivity contribution in [3.63, 3.8) is 0 Å². The van der Waals surface area contributed by atoms with Crippen LogP contribution >= 0.6 is 11.6 Å². The SMILES string of the molecule is Cc1cccc(OC[C@H](Cl)C[NH2+]C(C)C)c1. The number of ether oxygens (including phenoxy) is 1. The van der Waals surface area contributed by atoms with Crippen LogP contribution < -0.4 is 10.1 Å². The second-order valence-electron chi connectivity index (χ2n) is 4.44. The van der Waals surface area contributed by atoms with Crippen molar-refractivity contribution in [3.05, 3.63) is 29.8 Å². The highest BCUT2D eigenvalue weighted by atomic mass is 35.5. The summed E-state index contributed by atoms with van der Waals surface area (Å²) in [6, 6.07) is 8.62. The van der Waals surface area contributed by atoms with E-state index >= 15 is 0 Å². The second-order valence-corrected chi connectivity index (χ2v) is 5.06. The van der Waals surface area contributed by atoms with E-state index < -0.39 is 0 Å². The Balaban J connectivity index is 2.28. The smallest absolute Gasteiger partial charge is 0.119 e. The van der Waals surface area contributed by atoms with E-state index in [1.807, 2.05) is 18.2 Å². The van der Waals surface area contributed by atoms with Crippen LogP contribution in [-0.2, 0) is 0 Å². The summed E-state index contributed by atoms with van der Waals surface area (Å²) in [5, 5.41) is 2.28. The molecule has 16 heavy (non-hydrogen) atoms. The van der Waals surface area contributed by atoms with Crippen LogP contribution in [0.1, 0.15) is 19.4 Å². The van der Waals surface area contributed by atoms with Crippen molar-refractivity contribution in [3.8, 4) is 5.75 Å². The minimum absolute atomic E-state index is 0.0583. The molecule has 0 heterocycles. The summed E-state index contributed by atoms with van der Waals surface area (Å²) in [7, 11) is 0. The molecule has 1 rings (SSSR count). The van der Waals surface area contributed by atoms with Crippen LogP contribution in [-0.4, -0.2) is 24.6 Å². The maximum Gasteiger partial charge on any atom is 0.119 e. The summed E-state index contributed by atoms with van der Waals surface area (Å²) in [4.78, 5) is 0. The maximum atomic E-state index is 6.16. The summed E-state index contributed by atoms with van der Waals surface area (Å²) in [6.07, 6.45) is 0. The molecular weight excluding hydrogens is 222 g/mol. The Morgan fingerprint density at radius 3 is 2.75 bits per heavy atom. The van der Waals surface area contributed by atoms with Gasteiger partial charge < -0.3 is 10.1 Å². The van der Waals surface area contributed by atoms with Gasteiger partial charge in [0.2, 0.25) is 0 Å². The Hall–Kier alpha value is -0.730. The van der Waals surface area contributed by atoms with Crippen molar-refractivity contribution >= 4 is 11.6 Å². The number of rotatable bonds is 6. The van der Waals surface area contributed by atoms with Crippen LogP contribution in [0, 0.1) is 6.92 Å². The van der Waals surface area contributed by atoms with Gasteiger partial charge >= 0.3 is 0 Å². The van der Waals surface area contributed by atoms with Gasteiger partial charge in [0, 0.05) is 0 Å². The number of quaternary nitrogens is 1. The molecule has 3 heteroatoms. The van der Waals surface area contributed by atoms with E-state index in [1.165, 1.54) is 5.56 Å². The second kappa shape index (κ2) is 6.77. The lowest BCUT2D eigenvalue weighted by Crippen LogP contribution is -2.90. The van der Waals surface area contributed by atoms with E-state index in [0.717, 1.165) is 12.3 Å². The zero-order valence-corrected chi connectivity index (χ0v) is 11.0. The first-order valence-corrected chi connectivity index (χ1v) is 6.18. The number of hydrogen-bond acceptors (Lipinski definition) is 1. The average molecular weight is 243 g/mol. The summed E-state index contributed by atoms with van der Waals surface area (Å²) in [6.45, 7) is 7.83. The van der Waals surface area contributed by atoms with E-state index in [1.54, 1.807) is 0 Å². The number of alkyl halides is 1. The first-order chi connectivity index (χ1) is 7.58. The van der Waals surface area contributed by atoms with Crippen molar-refractivity contribution in [2.45, 2.75) is 32.2 Å². The Labute approximate surface area is 103 Å². The third-order valence-corrected chi connectivity index (χ3v) is 2.59. The monoisotopic (exact) mass is 242 g/mol. The fraction of sp³-hybridized carbons (Fsp3) is 0.538. The molecule has 0 aromatic heterocycles. The molecule has 0 amide bonds. The number of benzene rings is 1. The van der Waals surface area contributed by atoms with Gasteiger partial charge in [-0.2, -0.15) is 0 Å². The molecule has 2 nitrogen and oxygen atoms in total. The normalized spacial score (nSPS) is 12.8. The molecule has 1 aromatic rings. The van der Waals surface area contributed by atoms with Crippen LogP contribution in [0.2, 0.25) is 0 Å². The summed E-state index contributed by atoms with van der Waals surface area (Å²) < 4.78 is 5.63. The van der Waals surface area contributed by atoms with Crippen molar-refractivity contribution in [1.29, 1.82) is 0 Å². The molecule has 0 radical (unpaired) electrons.